The number of hydrogen-bond donors (Lipinski definition) is 1. The second kappa shape index (κ2) is 7.90. The number of nitriles is 1. The van der Waals surface area contributed by atoms with Crippen molar-refractivity contribution in [1.82, 2.24) is 0 Å². The van der Waals surface area contributed by atoms with Crippen molar-refractivity contribution in [3.05, 3.63) is 35.9 Å². The van der Waals surface area contributed by atoms with E-state index in [-0.39, 0.29) is 22.7 Å². The van der Waals surface area contributed by atoms with Gasteiger partial charge in [0.05, 0.1) is 17.4 Å². The van der Waals surface area contributed by atoms with Gasteiger partial charge in [0.2, 0.25) is 0 Å². The summed E-state index contributed by atoms with van der Waals surface area (Å²) in [6.07, 6.45) is 0. The first-order valence-corrected chi connectivity index (χ1v) is 10.2. The fourth-order valence-corrected chi connectivity index (χ4v) is 5.09. The van der Waals surface area contributed by atoms with Gasteiger partial charge in [-0.25, -0.2) is 0 Å². The summed E-state index contributed by atoms with van der Waals surface area (Å²) < 4.78 is 0. The van der Waals surface area contributed by atoms with E-state index in [4.69, 9.17) is 0 Å². The maximum Gasteiger partial charge on any atom is 0.307 e. The zero-order valence-electron chi connectivity index (χ0n) is 19.4. The maximum atomic E-state index is 12.2. The van der Waals surface area contributed by atoms with Gasteiger partial charge in [0.1, 0.15) is 0 Å². The molecule has 0 bridgehead atoms. The molecule has 0 saturated heterocycles. The summed E-state index contributed by atoms with van der Waals surface area (Å²) >= 11 is 0. The third-order valence-electron chi connectivity index (χ3n) is 7.84. The van der Waals surface area contributed by atoms with Crippen LogP contribution in [0.2, 0.25) is 0 Å². The van der Waals surface area contributed by atoms with Crippen molar-refractivity contribution in [2.24, 2.45) is 33.5 Å². The molecule has 1 N–H and O–H groups in total. The molecule has 1 aromatic carbocycles. The van der Waals surface area contributed by atoms with E-state index >= 15 is 0 Å². The number of aliphatic carboxylic acids is 1. The molecule has 0 radical (unpaired) electrons. The molecular weight excluding hydrogens is 346 g/mol. The molecule has 0 saturated carbocycles. The van der Waals surface area contributed by atoms with E-state index < -0.39 is 22.7 Å². The average Bonchev–Trinajstić information content (AvgIpc) is 2.53. The molecule has 0 amide bonds. The van der Waals surface area contributed by atoms with Gasteiger partial charge in [-0.3, -0.25) is 4.79 Å². The molecule has 0 aromatic heterocycles. The molecule has 3 heteroatoms. The number of rotatable bonds is 8. The quantitative estimate of drug-likeness (QED) is 0.538. The molecule has 156 valence electrons. The number of hydrogen-bond acceptors (Lipinski definition) is 2. The van der Waals surface area contributed by atoms with Crippen LogP contribution in [0.3, 0.4) is 0 Å². The Morgan fingerprint density at radius 1 is 0.893 bits per heavy atom. The van der Waals surface area contributed by atoms with E-state index in [2.05, 4.69) is 59.7 Å². The minimum absolute atomic E-state index is 0.00792. The Hall–Kier alpha value is -1.82. The lowest BCUT2D eigenvalue weighted by molar-refractivity contribution is -0.156. The molecule has 0 fully saturated rings. The molecule has 0 aliphatic carbocycles. The van der Waals surface area contributed by atoms with E-state index in [0.29, 0.717) is 0 Å². The van der Waals surface area contributed by atoms with Gasteiger partial charge < -0.3 is 5.11 Å². The summed E-state index contributed by atoms with van der Waals surface area (Å²) in [5, 5.41) is 20.0. The minimum Gasteiger partial charge on any atom is -0.481 e. The van der Waals surface area contributed by atoms with Crippen LogP contribution in [-0.2, 0) is 4.79 Å². The Balaban J connectivity index is 3.79. The Labute approximate surface area is 172 Å². The summed E-state index contributed by atoms with van der Waals surface area (Å²) in [6, 6.07) is 12.8. The molecule has 28 heavy (non-hydrogen) atoms. The second-order valence-electron chi connectivity index (χ2n) is 10.8. The summed E-state index contributed by atoms with van der Waals surface area (Å²) in [5.74, 6) is -1.24. The van der Waals surface area contributed by atoms with Crippen LogP contribution in [0, 0.1) is 44.8 Å². The number of carbonyl (C=O) groups is 1. The highest BCUT2D eigenvalue weighted by Crippen LogP contribution is 2.63. The highest BCUT2D eigenvalue weighted by Gasteiger charge is 2.57. The van der Waals surface area contributed by atoms with Crippen LogP contribution >= 0.6 is 0 Å². The number of benzene rings is 1. The first-order valence-electron chi connectivity index (χ1n) is 10.2. The second-order valence-corrected chi connectivity index (χ2v) is 10.8. The molecule has 2 unspecified atom stereocenters. The van der Waals surface area contributed by atoms with Crippen LogP contribution in [0.4, 0.5) is 0 Å². The Bertz CT molecular complexity index is 721. The molecule has 1 aromatic rings. The van der Waals surface area contributed by atoms with E-state index in [0.717, 1.165) is 5.56 Å². The highest BCUT2D eigenvalue weighted by molar-refractivity contribution is 5.71. The minimum atomic E-state index is -0.753. The van der Waals surface area contributed by atoms with Gasteiger partial charge in [0.15, 0.2) is 0 Å². The molecule has 0 heterocycles. The normalized spacial score (nSPS) is 15.8. The third kappa shape index (κ3) is 3.97. The van der Waals surface area contributed by atoms with Gasteiger partial charge in [0, 0.05) is 0 Å². The molecule has 0 spiro atoms. The van der Waals surface area contributed by atoms with Crippen LogP contribution < -0.4 is 0 Å². The summed E-state index contributed by atoms with van der Waals surface area (Å²) in [6.45, 7) is 20.8. The predicted molar refractivity (Wildman–Crippen MR) is 116 cm³/mol. The van der Waals surface area contributed by atoms with Crippen LogP contribution in [-0.4, -0.2) is 11.1 Å². The lowest BCUT2D eigenvalue weighted by Gasteiger charge is -2.57. The van der Waals surface area contributed by atoms with Gasteiger partial charge in [-0.1, -0.05) is 85.7 Å². The van der Waals surface area contributed by atoms with Crippen molar-refractivity contribution < 1.29 is 9.90 Å². The zero-order valence-corrected chi connectivity index (χ0v) is 19.4. The van der Waals surface area contributed by atoms with E-state index in [9.17, 15) is 15.2 Å². The Morgan fingerprint density at radius 3 is 1.71 bits per heavy atom. The van der Waals surface area contributed by atoms with Crippen LogP contribution in [0.15, 0.2) is 30.3 Å². The predicted octanol–water partition coefficient (Wildman–Crippen LogP) is 6.76. The van der Waals surface area contributed by atoms with Crippen molar-refractivity contribution in [2.75, 3.05) is 0 Å². The molecular formula is C25H39NO2. The molecule has 1 rings (SSSR count). The monoisotopic (exact) mass is 385 g/mol. The lowest BCUT2D eigenvalue weighted by Crippen LogP contribution is -2.53. The van der Waals surface area contributed by atoms with E-state index in [1.54, 1.807) is 0 Å². The molecule has 0 aliphatic rings. The van der Waals surface area contributed by atoms with Crippen LogP contribution in [0.5, 0.6) is 0 Å². The van der Waals surface area contributed by atoms with E-state index in [1.807, 2.05) is 45.9 Å². The summed E-state index contributed by atoms with van der Waals surface area (Å²) in [4.78, 5) is 12.2. The first kappa shape index (κ1) is 24.2. The van der Waals surface area contributed by atoms with Crippen molar-refractivity contribution in [3.63, 3.8) is 0 Å². The van der Waals surface area contributed by atoms with Crippen molar-refractivity contribution in [3.8, 4) is 6.07 Å². The van der Waals surface area contributed by atoms with Crippen molar-refractivity contribution in [2.45, 2.75) is 75.2 Å². The molecule has 0 aliphatic heterocycles. The number of carboxylic acids is 1. The van der Waals surface area contributed by atoms with Gasteiger partial charge in [-0.05, 0) is 47.5 Å². The van der Waals surface area contributed by atoms with Crippen molar-refractivity contribution >= 4 is 5.97 Å². The third-order valence-corrected chi connectivity index (χ3v) is 7.84. The van der Waals surface area contributed by atoms with Crippen LogP contribution in [0.1, 0.15) is 80.7 Å². The average molecular weight is 386 g/mol. The number of carboxylic acid groups (broad SMARTS) is 1. The summed E-state index contributed by atoms with van der Waals surface area (Å²) in [5.41, 5.74) is -0.710. The topological polar surface area (TPSA) is 61.1 Å². The standard InChI is InChI=1S/C25H39NO2/c1-17(2)19(21(27)28)23(5,6)25(9,10)20(18-14-12-11-13-15-18)24(7,8)22(3,4)16-26/h11-15,17,19-20H,1-10H3,(H,27,28). The van der Waals surface area contributed by atoms with E-state index in [1.165, 1.54) is 0 Å². The molecule has 3 nitrogen and oxygen atoms in total. The largest absolute Gasteiger partial charge is 0.481 e. The highest BCUT2D eigenvalue weighted by atomic mass is 16.4. The maximum absolute atomic E-state index is 12.2. The number of nitrogens with zero attached hydrogens (tertiary/aromatic N) is 1. The Kier molecular flexibility index (Phi) is 6.83. The van der Waals surface area contributed by atoms with Gasteiger partial charge in [-0.2, -0.15) is 5.26 Å². The first-order chi connectivity index (χ1) is 12.6. The van der Waals surface area contributed by atoms with Crippen molar-refractivity contribution in [1.29, 1.82) is 5.26 Å². The lowest BCUT2D eigenvalue weighted by atomic mass is 9.45. The Morgan fingerprint density at radius 2 is 1.36 bits per heavy atom. The SMILES string of the molecule is CC(C)C(C(=O)O)C(C)(C)C(C)(C)C(c1ccccc1)C(C)(C)C(C)(C)C#N. The van der Waals surface area contributed by atoms with Gasteiger partial charge in [-0.15, -0.1) is 0 Å². The van der Waals surface area contributed by atoms with Gasteiger partial charge >= 0.3 is 5.97 Å². The fraction of sp³-hybridized carbons (Fsp3) is 0.680. The summed E-state index contributed by atoms with van der Waals surface area (Å²) in [7, 11) is 0. The van der Waals surface area contributed by atoms with Crippen LogP contribution in [0.25, 0.3) is 0 Å². The fourth-order valence-electron chi connectivity index (χ4n) is 5.09. The van der Waals surface area contributed by atoms with Gasteiger partial charge in [0.25, 0.3) is 0 Å². The molecule has 2 atom stereocenters. The smallest absolute Gasteiger partial charge is 0.307 e. The zero-order chi connectivity index (χ0) is 22.1.